The molecular weight excluding hydrogens is 390 g/mol. The summed E-state index contributed by atoms with van der Waals surface area (Å²) in [5.41, 5.74) is 6.49. The van der Waals surface area contributed by atoms with Crippen LogP contribution in [0.5, 0.6) is 5.75 Å². The number of para-hydroxylation sites is 1. The number of halogens is 1. The van der Waals surface area contributed by atoms with Crippen LogP contribution in [0.15, 0.2) is 47.4 Å². The first-order chi connectivity index (χ1) is 12.8. The molecule has 27 heavy (non-hydrogen) atoms. The first-order valence-electron chi connectivity index (χ1n) is 8.06. The van der Waals surface area contributed by atoms with Gasteiger partial charge < -0.3 is 15.5 Å². The smallest absolute Gasteiger partial charge is 0.266 e. The third kappa shape index (κ3) is 3.92. The Kier molecular flexibility index (Phi) is 5.41. The highest BCUT2D eigenvalue weighted by Gasteiger charge is 2.27. The SMILES string of the molecule is COc1ccccc1CCNS(=O)(=O)c1c(C(N)=O)[nH]c2ccc(Cl)cc12. The topological polar surface area (TPSA) is 114 Å². The van der Waals surface area contributed by atoms with E-state index in [1.54, 1.807) is 25.3 Å². The van der Waals surface area contributed by atoms with Gasteiger partial charge in [0, 0.05) is 22.5 Å². The monoisotopic (exact) mass is 407 g/mol. The second-order valence-electron chi connectivity index (χ2n) is 5.84. The van der Waals surface area contributed by atoms with Gasteiger partial charge in [-0.05, 0) is 36.2 Å². The number of carbonyl (C=O) groups excluding carboxylic acids is 1. The molecule has 1 aromatic heterocycles. The maximum Gasteiger partial charge on any atom is 0.266 e. The molecule has 0 spiro atoms. The van der Waals surface area contributed by atoms with E-state index in [1.165, 1.54) is 6.07 Å². The lowest BCUT2D eigenvalue weighted by Gasteiger charge is -2.10. The van der Waals surface area contributed by atoms with Crippen molar-refractivity contribution in [2.24, 2.45) is 5.73 Å². The van der Waals surface area contributed by atoms with Gasteiger partial charge >= 0.3 is 0 Å². The quantitative estimate of drug-likeness (QED) is 0.558. The molecule has 0 radical (unpaired) electrons. The molecule has 1 heterocycles. The molecule has 142 valence electrons. The van der Waals surface area contributed by atoms with Crippen molar-refractivity contribution < 1.29 is 17.9 Å². The molecule has 0 aliphatic heterocycles. The van der Waals surface area contributed by atoms with Crippen LogP contribution in [0, 0.1) is 0 Å². The number of amides is 1. The van der Waals surface area contributed by atoms with Crippen LogP contribution in [-0.4, -0.2) is 33.0 Å². The average Bonchev–Trinajstić information content (AvgIpc) is 3.01. The summed E-state index contributed by atoms with van der Waals surface area (Å²) in [4.78, 5) is 14.3. The summed E-state index contributed by atoms with van der Waals surface area (Å²) in [5, 5.41) is 0.657. The number of hydrogen-bond acceptors (Lipinski definition) is 4. The number of H-pyrrole nitrogens is 1. The molecular formula is C18H18ClN3O4S. The molecule has 0 aliphatic carbocycles. The number of fused-ring (bicyclic) bond motifs is 1. The number of carbonyl (C=O) groups is 1. The van der Waals surface area contributed by atoms with Crippen LogP contribution in [-0.2, 0) is 16.4 Å². The number of nitrogens with one attached hydrogen (secondary N) is 2. The van der Waals surface area contributed by atoms with Crippen molar-refractivity contribution >= 4 is 38.4 Å². The highest BCUT2D eigenvalue weighted by Crippen LogP contribution is 2.29. The molecule has 0 fully saturated rings. The molecule has 0 unspecified atom stereocenters. The third-order valence-corrected chi connectivity index (χ3v) is 5.89. The lowest BCUT2D eigenvalue weighted by Crippen LogP contribution is -2.28. The maximum absolute atomic E-state index is 12.9. The summed E-state index contributed by atoms with van der Waals surface area (Å²) in [5.74, 6) is -0.194. The van der Waals surface area contributed by atoms with Gasteiger partial charge in [-0.15, -0.1) is 0 Å². The number of aromatic nitrogens is 1. The number of primary amides is 1. The van der Waals surface area contributed by atoms with Gasteiger partial charge in [0.1, 0.15) is 16.3 Å². The zero-order valence-electron chi connectivity index (χ0n) is 14.5. The van der Waals surface area contributed by atoms with Crippen LogP contribution in [0.2, 0.25) is 5.02 Å². The van der Waals surface area contributed by atoms with E-state index < -0.39 is 15.9 Å². The fourth-order valence-electron chi connectivity index (χ4n) is 2.89. The Morgan fingerprint density at radius 2 is 2.00 bits per heavy atom. The third-order valence-electron chi connectivity index (χ3n) is 4.11. The van der Waals surface area contributed by atoms with Crippen molar-refractivity contribution in [3.63, 3.8) is 0 Å². The van der Waals surface area contributed by atoms with E-state index in [2.05, 4.69) is 9.71 Å². The largest absolute Gasteiger partial charge is 0.496 e. The minimum atomic E-state index is -4.01. The van der Waals surface area contributed by atoms with Crippen molar-refractivity contribution in [3.8, 4) is 5.75 Å². The first-order valence-corrected chi connectivity index (χ1v) is 9.92. The zero-order chi connectivity index (χ0) is 19.6. The number of hydrogen-bond donors (Lipinski definition) is 3. The normalized spacial score (nSPS) is 11.6. The van der Waals surface area contributed by atoms with Gasteiger partial charge in [-0.3, -0.25) is 4.79 Å². The second kappa shape index (κ2) is 7.59. The molecule has 0 saturated carbocycles. The summed E-state index contributed by atoms with van der Waals surface area (Å²) < 4.78 is 33.5. The van der Waals surface area contributed by atoms with E-state index in [0.717, 1.165) is 5.56 Å². The predicted molar refractivity (Wildman–Crippen MR) is 104 cm³/mol. The van der Waals surface area contributed by atoms with E-state index in [-0.39, 0.29) is 17.1 Å². The number of nitrogens with two attached hydrogens (primary N) is 1. The van der Waals surface area contributed by atoms with Gasteiger partial charge in [-0.25, -0.2) is 13.1 Å². The molecule has 2 aromatic carbocycles. The number of methoxy groups -OCH3 is 1. The lowest BCUT2D eigenvalue weighted by molar-refractivity contribution is 0.0993. The van der Waals surface area contributed by atoms with Crippen LogP contribution in [0.3, 0.4) is 0 Å². The van der Waals surface area contributed by atoms with Crippen LogP contribution >= 0.6 is 11.6 Å². The molecule has 0 bridgehead atoms. The van der Waals surface area contributed by atoms with Crippen molar-refractivity contribution in [2.75, 3.05) is 13.7 Å². The minimum Gasteiger partial charge on any atom is -0.496 e. The molecule has 0 atom stereocenters. The molecule has 1 amide bonds. The van der Waals surface area contributed by atoms with Crippen LogP contribution in [0.25, 0.3) is 10.9 Å². The van der Waals surface area contributed by atoms with E-state index in [9.17, 15) is 13.2 Å². The zero-order valence-corrected chi connectivity index (χ0v) is 16.0. The van der Waals surface area contributed by atoms with Gasteiger partial charge in [0.2, 0.25) is 10.0 Å². The number of aromatic amines is 1. The van der Waals surface area contributed by atoms with Crippen LogP contribution < -0.4 is 15.2 Å². The Morgan fingerprint density at radius 1 is 1.26 bits per heavy atom. The summed E-state index contributed by atoms with van der Waals surface area (Å²) in [6, 6.07) is 12.0. The van der Waals surface area contributed by atoms with Crippen LogP contribution in [0.1, 0.15) is 16.1 Å². The van der Waals surface area contributed by atoms with E-state index >= 15 is 0 Å². The van der Waals surface area contributed by atoms with Gasteiger partial charge in [-0.2, -0.15) is 0 Å². The van der Waals surface area contributed by atoms with Crippen LogP contribution in [0.4, 0.5) is 0 Å². The highest BCUT2D eigenvalue weighted by atomic mass is 35.5. The minimum absolute atomic E-state index is 0.119. The van der Waals surface area contributed by atoms with Gasteiger partial charge in [0.05, 0.1) is 7.11 Å². The number of rotatable bonds is 7. The standard InChI is InChI=1S/C18H18ClN3O4S/c1-26-15-5-3-2-4-11(15)8-9-21-27(24,25)17-13-10-12(19)6-7-14(13)22-16(17)18(20)23/h2-7,10,21-22H,8-9H2,1H3,(H2,20,23). The van der Waals surface area contributed by atoms with E-state index in [0.29, 0.717) is 28.1 Å². The summed E-state index contributed by atoms with van der Waals surface area (Å²) in [6.07, 6.45) is 0.415. The average molecular weight is 408 g/mol. The number of sulfonamides is 1. The van der Waals surface area contributed by atoms with Crippen molar-refractivity contribution in [3.05, 3.63) is 58.7 Å². The number of benzene rings is 2. The summed E-state index contributed by atoms with van der Waals surface area (Å²) in [6.45, 7) is 0.119. The highest BCUT2D eigenvalue weighted by molar-refractivity contribution is 7.89. The van der Waals surface area contributed by atoms with Gasteiger partial charge in [-0.1, -0.05) is 29.8 Å². The Labute approximate surface area is 161 Å². The fraction of sp³-hybridized carbons (Fsp3) is 0.167. The molecule has 3 rings (SSSR count). The summed E-state index contributed by atoms with van der Waals surface area (Å²) >= 11 is 5.99. The molecule has 3 aromatic rings. The van der Waals surface area contributed by atoms with Crippen molar-refractivity contribution in [1.29, 1.82) is 0 Å². The second-order valence-corrected chi connectivity index (χ2v) is 7.98. The molecule has 9 heteroatoms. The first kappa shape index (κ1) is 19.2. The predicted octanol–water partition coefficient (Wildman–Crippen LogP) is 2.45. The Morgan fingerprint density at radius 3 is 2.70 bits per heavy atom. The molecule has 7 nitrogen and oxygen atoms in total. The number of ether oxygens (including phenoxy) is 1. The van der Waals surface area contributed by atoms with Gasteiger partial charge in [0.15, 0.2) is 0 Å². The fourth-order valence-corrected chi connectivity index (χ4v) is 4.46. The van der Waals surface area contributed by atoms with Crippen molar-refractivity contribution in [1.82, 2.24) is 9.71 Å². The summed E-state index contributed by atoms with van der Waals surface area (Å²) in [7, 11) is -2.45. The Bertz CT molecular complexity index is 1110. The molecule has 0 saturated heterocycles. The van der Waals surface area contributed by atoms with Gasteiger partial charge in [0.25, 0.3) is 5.91 Å². The maximum atomic E-state index is 12.9. The molecule has 4 N–H and O–H groups in total. The van der Waals surface area contributed by atoms with E-state index in [1.807, 2.05) is 18.2 Å². The van der Waals surface area contributed by atoms with Crippen molar-refractivity contribution in [2.45, 2.75) is 11.3 Å². The Hall–Kier alpha value is -2.55. The Balaban J connectivity index is 1.91. The van der Waals surface area contributed by atoms with E-state index in [4.69, 9.17) is 22.1 Å². The lowest BCUT2D eigenvalue weighted by atomic mass is 10.1. The molecule has 0 aliphatic rings.